The van der Waals surface area contributed by atoms with Crippen molar-refractivity contribution in [3.05, 3.63) is 10.1 Å². The quantitative estimate of drug-likeness (QED) is 0.469. The van der Waals surface area contributed by atoms with Gasteiger partial charge in [0.25, 0.3) is 0 Å². The van der Waals surface area contributed by atoms with Crippen LogP contribution in [0.25, 0.3) is 0 Å². The highest BCUT2D eigenvalue weighted by atomic mass is 16.6. The second-order valence-electron chi connectivity index (χ2n) is 2.42. The van der Waals surface area contributed by atoms with E-state index in [9.17, 15) is 10.1 Å². The third-order valence-corrected chi connectivity index (χ3v) is 1.63. The molecule has 0 spiro atoms. The monoisotopic (exact) mass is 147 g/mol. The molecule has 0 aliphatic heterocycles. The lowest BCUT2D eigenvalue weighted by atomic mass is 10.0. The van der Waals surface area contributed by atoms with Gasteiger partial charge in [0.1, 0.15) is 0 Å². The molecule has 4 heteroatoms. The van der Waals surface area contributed by atoms with Crippen LogP contribution in [-0.2, 0) is 0 Å². The van der Waals surface area contributed by atoms with Crippen LogP contribution in [-0.4, -0.2) is 22.7 Å². The molecule has 0 fully saturated rings. The van der Waals surface area contributed by atoms with Crippen molar-refractivity contribution in [2.24, 2.45) is 5.92 Å². The molecule has 1 N–H and O–H groups in total. The summed E-state index contributed by atoms with van der Waals surface area (Å²) in [4.78, 5) is 9.89. The Morgan fingerprint density at radius 2 is 2.20 bits per heavy atom. The average Bonchev–Trinajstić information content (AvgIpc) is 1.88. The fraction of sp³-hybridized carbons (Fsp3) is 1.00. The van der Waals surface area contributed by atoms with Crippen molar-refractivity contribution in [3.63, 3.8) is 0 Å². The van der Waals surface area contributed by atoms with Gasteiger partial charge in [-0.2, -0.15) is 0 Å². The SMILES string of the molecule is CCC(C(C)CO)[N+](=O)[O-]. The number of rotatable bonds is 4. The van der Waals surface area contributed by atoms with Gasteiger partial charge in [0.15, 0.2) is 0 Å². The summed E-state index contributed by atoms with van der Waals surface area (Å²) in [6.07, 6.45) is 0.481. The van der Waals surface area contributed by atoms with E-state index >= 15 is 0 Å². The predicted octanol–water partition coefficient (Wildman–Crippen LogP) is 0.670. The van der Waals surface area contributed by atoms with Gasteiger partial charge in [-0.3, -0.25) is 10.1 Å². The van der Waals surface area contributed by atoms with E-state index in [0.717, 1.165) is 0 Å². The van der Waals surface area contributed by atoms with Gasteiger partial charge in [-0.05, 0) is 0 Å². The molecule has 0 heterocycles. The Labute approximate surface area is 60.0 Å². The lowest BCUT2D eigenvalue weighted by Gasteiger charge is -2.11. The number of nitrogens with zero attached hydrogens (tertiary/aromatic N) is 1. The number of aliphatic hydroxyl groups excluding tert-OH is 1. The summed E-state index contributed by atoms with van der Waals surface area (Å²) in [5, 5.41) is 18.8. The maximum Gasteiger partial charge on any atom is 0.217 e. The van der Waals surface area contributed by atoms with E-state index in [2.05, 4.69) is 0 Å². The van der Waals surface area contributed by atoms with E-state index in [4.69, 9.17) is 5.11 Å². The van der Waals surface area contributed by atoms with Gasteiger partial charge in [0, 0.05) is 17.3 Å². The van der Waals surface area contributed by atoms with Crippen LogP contribution in [0.4, 0.5) is 0 Å². The van der Waals surface area contributed by atoms with Crippen LogP contribution >= 0.6 is 0 Å². The van der Waals surface area contributed by atoms with Gasteiger partial charge < -0.3 is 5.11 Å². The molecule has 0 aromatic rings. The molecule has 0 aliphatic carbocycles. The molecule has 0 saturated carbocycles. The Morgan fingerprint density at radius 3 is 2.30 bits per heavy atom. The van der Waals surface area contributed by atoms with Crippen molar-refractivity contribution in [3.8, 4) is 0 Å². The highest BCUT2D eigenvalue weighted by Crippen LogP contribution is 2.08. The first-order valence-electron chi connectivity index (χ1n) is 3.37. The van der Waals surface area contributed by atoms with Crippen LogP contribution < -0.4 is 0 Å². The van der Waals surface area contributed by atoms with Gasteiger partial charge >= 0.3 is 0 Å². The van der Waals surface area contributed by atoms with Gasteiger partial charge in [0.05, 0.1) is 6.61 Å². The topological polar surface area (TPSA) is 63.4 Å². The van der Waals surface area contributed by atoms with E-state index in [1.165, 1.54) is 0 Å². The van der Waals surface area contributed by atoms with Crippen LogP contribution in [0.1, 0.15) is 20.3 Å². The molecule has 2 unspecified atom stereocenters. The standard InChI is InChI=1S/C6H13NO3/c1-3-6(7(9)10)5(2)4-8/h5-6,8H,3-4H2,1-2H3. The molecule has 10 heavy (non-hydrogen) atoms. The lowest BCUT2D eigenvalue weighted by molar-refractivity contribution is -0.532. The van der Waals surface area contributed by atoms with Crippen molar-refractivity contribution < 1.29 is 10.0 Å². The molecule has 60 valence electrons. The Bertz CT molecular complexity index is 116. The summed E-state index contributed by atoms with van der Waals surface area (Å²) < 4.78 is 0. The molecule has 0 bridgehead atoms. The molecule has 0 saturated heterocycles. The summed E-state index contributed by atoms with van der Waals surface area (Å²) in [5.74, 6) is -0.236. The first kappa shape index (κ1) is 9.36. The van der Waals surface area contributed by atoms with Gasteiger partial charge in [-0.25, -0.2) is 0 Å². The Hall–Kier alpha value is -0.640. The van der Waals surface area contributed by atoms with Crippen molar-refractivity contribution in [2.45, 2.75) is 26.3 Å². The van der Waals surface area contributed by atoms with E-state index in [1.54, 1.807) is 13.8 Å². The summed E-state index contributed by atoms with van der Waals surface area (Å²) in [5.41, 5.74) is 0. The zero-order chi connectivity index (χ0) is 8.15. The number of hydrogen-bond donors (Lipinski definition) is 1. The molecule has 2 atom stereocenters. The average molecular weight is 147 g/mol. The molecule has 0 aromatic heterocycles. The highest BCUT2D eigenvalue weighted by Gasteiger charge is 2.24. The molecule has 0 rings (SSSR count). The summed E-state index contributed by atoms with van der Waals surface area (Å²) in [6.45, 7) is 3.32. The normalized spacial score (nSPS) is 16.3. The van der Waals surface area contributed by atoms with Gasteiger partial charge in [-0.15, -0.1) is 0 Å². The zero-order valence-corrected chi connectivity index (χ0v) is 6.28. The van der Waals surface area contributed by atoms with Crippen molar-refractivity contribution in [2.75, 3.05) is 6.61 Å². The van der Waals surface area contributed by atoms with Crippen LogP contribution in [0, 0.1) is 16.0 Å². The first-order valence-corrected chi connectivity index (χ1v) is 3.37. The highest BCUT2D eigenvalue weighted by molar-refractivity contribution is 4.61. The Morgan fingerprint density at radius 1 is 1.70 bits per heavy atom. The Kier molecular flexibility index (Phi) is 3.95. The van der Waals surface area contributed by atoms with Crippen molar-refractivity contribution >= 4 is 0 Å². The molecule has 0 aromatic carbocycles. The second kappa shape index (κ2) is 4.22. The van der Waals surface area contributed by atoms with Gasteiger partial charge in [-0.1, -0.05) is 13.8 Å². The third-order valence-electron chi connectivity index (χ3n) is 1.63. The van der Waals surface area contributed by atoms with Crippen LogP contribution in [0.5, 0.6) is 0 Å². The summed E-state index contributed by atoms with van der Waals surface area (Å²) in [7, 11) is 0. The van der Waals surface area contributed by atoms with E-state index in [-0.39, 0.29) is 17.4 Å². The smallest absolute Gasteiger partial charge is 0.217 e. The van der Waals surface area contributed by atoms with E-state index < -0.39 is 6.04 Å². The maximum atomic E-state index is 10.2. The molecular formula is C6H13NO3. The Balaban J connectivity index is 3.92. The lowest BCUT2D eigenvalue weighted by Crippen LogP contribution is -2.28. The van der Waals surface area contributed by atoms with Crippen LogP contribution in [0.3, 0.4) is 0 Å². The molecule has 0 radical (unpaired) electrons. The van der Waals surface area contributed by atoms with Crippen LogP contribution in [0.2, 0.25) is 0 Å². The summed E-state index contributed by atoms with van der Waals surface area (Å²) >= 11 is 0. The van der Waals surface area contributed by atoms with Crippen molar-refractivity contribution in [1.82, 2.24) is 0 Å². The number of aliphatic hydroxyl groups is 1. The maximum absolute atomic E-state index is 10.2. The van der Waals surface area contributed by atoms with Gasteiger partial charge in [0.2, 0.25) is 6.04 Å². The largest absolute Gasteiger partial charge is 0.396 e. The number of nitro groups is 1. The second-order valence-corrected chi connectivity index (χ2v) is 2.42. The fourth-order valence-electron chi connectivity index (χ4n) is 0.881. The van der Waals surface area contributed by atoms with E-state index in [0.29, 0.717) is 6.42 Å². The minimum absolute atomic E-state index is 0.112. The molecule has 4 nitrogen and oxygen atoms in total. The fourth-order valence-corrected chi connectivity index (χ4v) is 0.881. The molecule has 0 aliphatic rings. The minimum Gasteiger partial charge on any atom is -0.396 e. The predicted molar refractivity (Wildman–Crippen MR) is 37.3 cm³/mol. The number of hydrogen-bond acceptors (Lipinski definition) is 3. The first-order chi connectivity index (χ1) is 4.63. The summed E-state index contributed by atoms with van der Waals surface area (Å²) in [6, 6.07) is -0.593. The van der Waals surface area contributed by atoms with E-state index in [1.807, 2.05) is 0 Å². The van der Waals surface area contributed by atoms with Crippen LogP contribution in [0.15, 0.2) is 0 Å². The molecular weight excluding hydrogens is 134 g/mol. The zero-order valence-electron chi connectivity index (χ0n) is 6.28. The molecule has 0 amide bonds. The van der Waals surface area contributed by atoms with Crippen molar-refractivity contribution in [1.29, 1.82) is 0 Å². The third kappa shape index (κ3) is 2.31. The minimum atomic E-state index is -0.593.